The predicted octanol–water partition coefficient (Wildman–Crippen LogP) is 3.08. The molecule has 0 aliphatic carbocycles. The van der Waals surface area contributed by atoms with Gasteiger partial charge in [-0.05, 0) is 46.3 Å². The van der Waals surface area contributed by atoms with E-state index >= 15 is 0 Å². The van der Waals surface area contributed by atoms with Gasteiger partial charge in [0.05, 0.1) is 6.21 Å². The molecule has 0 aliphatic rings. The number of amides is 1. The number of aromatic hydroxyl groups is 1. The van der Waals surface area contributed by atoms with E-state index in [0.29, 0.717) is 5.56 Å². The summed E-state index contributed by atoms with van der Waals surface area (Å²) < 4.78 is 1.55. The Labute approximate surface area is 132 Å². The molecule has 0 aliphatic heterocycles. The van der Waals surface area contributed by atoms with E-state index < -0.39 is 5.91 Å². The van der Waals surface area contributed by atoms with Gasteiger partial charge in [0.2, 0.25) is 0 Å². The van der Waals surface area contributed by atoms with Gasteiger partial charge in [-0.2, -0.15) is 5.10 Å². The quantitative estimate of drug-likeness (QED) is 0.616. The Morgan fingerprint density at radius 3 is 2.65 bits per heavy atom. The number of hydrogen-bond acceptors (Lipinski definition) is 4. The highest BCUT2D eigenvalue weighted by Crippen LogP contribution is 2.20. The topological polar surface area (TPSA) is 74.6 Å². The maximum atomic E-state index is 11.7. The van der Waals surface area contributed by atoms with Crippen molar-refractivity contribution in [2.75, 3.05) is 0 Å². The van der Waals surface area contributed by atoms with Crippen molar-refractivity contribution in [1.29, 1.82) is 0 Å². The van der Waals surface area contributed by atoms with Gasteiger partial charge >= 0.3 is 0 Å². The third-order valence-electron chi connectivity index (χ3n) is 2.32. The number of carbonyl (C=O) groups excluding carboxylic acids is 1. The van der Waals surface area contributed by atoms with Gasteiger partial charge in [0.15, 0.2) is 0 Å². The van der Waals surface area contributed by atoms with Gasteiger partial charge in [0.1, 0.15) is 11.4 Å². The van der Waals surface area contributed by atoms with E-state index in [2.05, 4.69) is 47.4 Å². The van der Waals surface area contributed by atoms with Crippen LogP contribution >= 0.6 is 31.9 Å². The molecule has 5 nitrogen and oxygen atoms in total. The summed E-state index contributed by atoms with van der Waals surface area (Å²) in [5.41, 5.74) is 3.09. The van der Waals surface area contributed by atoms with Gasteiger partial charge < -0.3 is 5.11 Å². The van der Waals surface area contributed by atoms with Crippen molar-refractivity contribution in [2.45, 2.75) is 0 Å². The average molecular weight is 399 g/mol. The Hall–Kier alpha value is -1.73. The van der Waals surface area contributed by atoms with Crippen LogP contribution in [-0.4, -0.2) is 22.2 Å². The molecule has 2 N–H and O–H groups in total. The summed E-state index contributed by atoms with van der Waals surface area (Å²) in [4.78, 5) is 15.7. The van der Waals surface area contributed by atoms with Crippen molar-refractivity contribution in [3.05, 3.63) is 56.7 Å². The first kappa shape index (κ1) is 14.7. The number of phenolic OH excluding ortho intramolecular Hbond substituents is 1. The van der Waals surface area contributed by atoms with E-state index in [9.17, 15) is 9.90 Å². The zero-order chi connectivity index (χ0) is 14.5. The third kappa shape index (κ3) is 3.88. The second kappa shape index (κ2) is 6.62. The first-order chi connectivity index (χ1) is 9.56. The van der Waals surface area contributed by atoms with Crippen LogP contribution in [0.4, 0.5) is 0 Å². The van der Waals surface area contributed by atoms with E-state index in [1.54, 1.807) is 30.3 Å². The minimum Gasteiger partial charge on any atom is -0.507 e. The number of nitrogens with one attached hydrogen (secondary N) is 1. The van der Waals surface area contributed by atoms with Crippen LogP contribution in [0.25, 0.3) is 0 Å². The number of carbonyl (C=O) groups is 1. The van der Waals surface area contributed by atoms with Gasteiger partial charge in [0, 0.05) is 20.7 Å². The van der Waals surface area contributed by atoms with Crippen LogP contribution in [0, 0.1) is 0 Å². The van der Waals surface area contributed by atoms with E-state index in [0.717, 1.165) is 8.95 Å². The summed E-state index contributed by atoms with van der Waals surface area (Å²) in [7, 11) is 0. The molecule has 0 spiro atoms. The summed E-state index contributed by atoms with van der Waals surface area (Å²) in [6.45, 7) is 0. The van der Waals surface area contributed by atoms with Crippen molar-refractivity contribution >= 4 is 44.0 Å². The number of pyridine rings is 1. The molecule has 2 aromatic rings. The van der Waals surface area contributed by atoms with Crippen molar-refractivity contribution in [3.8, 4) is 5.75 Å². The second-order valence-corrected chi connectivity index (χ2v) is 5.60. The molecular weight excluding hydrogens is 390 g/mol. The molecule has 7 heteroatoms. The summed E-state index contributed by atoms with van der Waals surface area (Å²) >= 11 is 6.47. The van der Waals surface area contributed by atoms with Crippen LogP contribution in [0.3, 0.4) is 0 Å². The van der Waals surface area contributed by atoms with Gasteiger partial charge in [0.25, 0.3) is 5.91 Å². The smallest absolute Gasteiger partial charge is 0.289 e. The third-order valence-corrected chi connectivity index (χ3v) is 3.28. The summed E-state index contributed by atoms with van der Waals surface area (Å²) in [6.07, 6.45) is 2.89. The minimum absolute atomic E-state index is 0.0686. The van der Waals surface area contributed by atoms with Crippen LogP contribution < -0.4 is 5.43 Å². The monoisotopic (exact) mass is 397 g/mol. The fourth-order valence-corrected chi connectivity index (χ4v) is 1.94. The van der Waals surface area contributed by atoms with Crippen molar-refractivity contribution < 1.29 is 9.90 Å². The van der Waals surface area contributed by atoms with Gasteiger partial charge in [-0.25, -0.2) is 10.4 Å². The number of rotatable bonds is 3. The number of benzene rings is 1. The van der Waals surface area contributed by atoms with Crippen LogP contribution in [0.15, 0.2) is 50.6 Å². The van der Waals surface area contributed by atoms with Crippen LogP contribution in [0.1, 0.15) is 16.1 Å². The molecule has 0 radical (unpaired) electrons. The first-order valence-electron chi connectivity index (χ1n) is 5.50. The molecule has 1 heterocycles. The Kier molecular flexibility index (Phi) is 4.86. The molecule has 1 aromatic carbocycles. The van der Waals surface area contributed by atoms with E-state index in [1.165, 1.54) is 12.4 Å². The van der Waals surface area contributed by atoms with Crippen molar-refractivity contribution in [2.24, 2.45) is 5.10 Å². The fourth-order valence-electron chi connectivity index (χ4n) is 1.35. The number of hydrogen-bond donors (Lipinski definition) is 2. The van der Waals surface area contributed by atoms with Crippen LogP contribution in [-0.2, 0) is 0 Å². The molecule has 20 heavy (non-hydrogen) atoms. The van der Waals surface area contributed by atoms with Crippen molar-refractivity contribution in [3.63, 3.8) is 0 Å². The number of hydrazone groups is 1. The lowest BCUT2D eigenvalue weighted by molar-refractivity contribution is 0.0950. The van der Waals surface area contributed by atoms with E-state index in [-0.39, 0.29) is 11.4 Å². The summed E-state index contributed by atoms with van der Waals surface area (Å²) in [6, 6.07) is 8.27. The Bertz CT molecular complexity index is 657. The van der Waals surface area contributed by atoms with Gasteiger partial charge in [-0.3, -0.25) is 4.79 Å². The van der Waals surface area contributed by atoms with Gasteiger partial charge in [-0.1, -0.05) is 15.9 Å². The van der Waals surface area contributed by atoms with Crippen LogP contribution in [0.5, 0.6) is 5.75 Å². The molecule has 0 fully saturated rings. The van der Waals surface area contributed by atoms with Crippen LogP contribution in [0.2, 0.25) is 0 Å². The van der Waals surface area contributed by atoms with Gasteiger partial charge in [-0.15, -0.1) is 0 Å². The lowest BCUT2D eigenvalue weighted by Crippen LogP contribution is -2.18. The summed E-state index contributed by atoms with van der Waals surface area (Å²) in [5.74, 6) is -0.357. The normalized spacial score (nSPS) is 10.7. The molecule has 0 saturated heterocycles. The predicted molar refractivity (Wildman–Crippen MR) is 82.8 cm³/mol. The Morgan fingerprint density at radius 2 is 2.00 bits per heavy atom. The molecule has 0 atom stereocenters. The maximum Gasteiger partial charge on any atom is 0.289 e. The Morgan fingerprint density at radius 1 is 1.25 bits per heavy atom. The second-order valence-electron chi connectivity index (χ2n) is 3.76. The summed E-state index contributed by atoms with van der Waals surface area (Å²) in [5, 5.41) is 13.4. The molecule has 0 saturated carbocycles. The zero-order valence-electron chi connectivity index (χ0n) is 10.0. The number of phenols is 1. The lowest BCUT2D eigenvalue weighted by atomic mass is 10.2. The highest BCUT2D eigenvalue weighted by molar-refractivity contribution is 9.10. The average Bonchev–Trinajstić information content (AvgIpc) is 2.42. The molecule has 2 rings (SSSR count). The van der Waals surface area contributed by atoms with E-state index in [4.69, 9.17) is 0 Å². The molecule has 0 bridgehead atoms. The molecule has 102 valence electrons. The zero-order valence-corrected chi connectivity index (χ0v) is 13.2. The fraction of sp³-hybridized carbons (Fsp3) is 0. The number of halogens is 2. The standard InChI is InChI=1S/C13H9Br2N3O2/c14-9-2-1-8(12(19)5-9)6-17-18-13(20)11-4-3-10(15)7-16-11/h1-7,19H,(H,18,20)/b17-6+. The Balaban J connectivity index is 2.02. The lowest BCUT2D eigenvalue weighted by Gasteiger charge is -2.00. The molecule has 1 amide bonds. The number of aromatic nitrogens is 1. The number of nitrogens with zero attached hydrogens (tertiary/aromatic N) is 2. The maximum absolute atomic E-state index is 11.7. The largest absolute Gasteiger partial charge is 0.507 e. The highest BCUT2D eigenvalue weighted by atomic mass is 79.9. The first-order valence-corrected chi connectivity index (χ1v) is 7.08. The molecular formula is C13H9Br2N3O2. The van der Waals surface area contributed by atoms with Crippen molar-refractivity contribution in [1.82, 2.24) is 10.4 Å². The molecule has 1 aromatic heterocycles. The minimum atomic E-state index is -0.426. The SMILES string of the molecule is O=C(N/N=C/c1ccc(Br)cc1O)c1ccc(Br)cn1. The highest BCUT2D eigenvalue weighted by Gasteiger charge is 2.05. The molecule has 0 unspecified atom stereocenters. The van der Waals surface area contributed by atoms with E-state index in [1.807, 2.05) is 0 Å².